The van der Waals surface area contributed by atoms with Gasteiger partial charge >= 0.3 is 12.0 Å². The van der Waals surface area contributed by atoms with Crippen molar-refractivity contribution in [2.75, 3.05) is 18.5 Å². The number of carbonyl (C=O) groups excluding carboxylic acids is 1. The topological polar surface area (TPSA) is 60.9 Å². The van der Waals surface area contributed by atoms with E-state index in [0.29, 0.717) is 5.69 Å². The number of aliphatic carboxylic acids is 1. The molecule has 18 heavy (non-hydrogen) atoms. The van der Waals surface area contributed by atoms with E-state index in [0.717, 1.165) is 11.1 Å². The summed E-state index contributed by atoms with van der Waals surface area (Å²) in [5.74, 6) is -0.979. The largest absolute Gasteiger partial charge is 0.480 e. The predicted octanol–water partition coefficient (Wildman–Crippen LogP) is 1.63. The van der Waals surface area contributed by atoms with E-state index in [1.165, 1.54) is 9.80 Å². The van der Waals surface area contributed by atoms with Crippen LogP contribution in [0, 0.1) is 13.8 Å². The molecule has 1 aliphatic rings. The van der Waals surface area contributed by atoms with Gasteiger partial charge in [0.2, 0.25) is 0 Å². The number of hydrogen-bond donors (Lipinski definition) is 1. The van der Waals surface area contributed by atoms with Crippen molar-refractivity contribution in [3.8, 4) is 0 Å². The monoisotopic (exact) mass is 248 g/mol. The van der Waals surface area contributed by atoms with Gasteiger partial charge in [-0.15, -0.1) is 0 Å². The first-order valence-electron chi connectivity index (χ1n) is 5.76. The van der Waals surface area contributed by atoms with E-state index < -0.39 is 12.0 Å². The standard InChI is InChI=1S/C13H16N2O3/c1-8-4-5-10(9(2)6-8)15-11(12(16)17)7-14(3)13(15)18/h4-6,11H,7H2,1-3H3,(H,16,17). The molecule has 0 aliphatic carbocycles. The van der Waals surface area contributed by atoms with Crippen LogP contribution in [0.4, 0.5) is 10.5 Å². The zero-order valence-electron chi connectivity index (χ0n) is 10.7. The third kappa shape index (κ3) is 1.92. The molecule has 2 rings (SSSR count). The average Bonchev–Trinajstić information content (AvgIpc) is 2.57. The molecule has 2 amide bonds. The number of carboxylic acids is 1. The maximum absolute atomic E-state index is 12.0. The minimum atomic E-state index is -0.979. The van der Waals surface area contributed by atoms with Crippen molar-refractivity contribution in [3.63, 3.8) is 0 Å². The van der Waals surface area contributed by atoms with Gasteiger partial charge in [-0.3, -0.25) is 4.90 Å². The molecular weight excluding hydrogens is 232 g/mol. The van der Waals surface area contributed by atoms with Crippen molar-refractivity contribution in [1.29, 1.82) is 0 Å². The van der Waals surface area contributed by atoms with Crippen LogP contribution in [0.15, 0.2) is 18.2 Å². The summed E-state index contributed by atoms with van der Waals surface area (Å²) in [5.41, 5.74) is 2.66. The van der Waals surface area contributed by atoms with Crippen LogP contribution in [0.25, 0.3) is 0 Å². The van der Waals surface area contributed by atoms with E-state index in [1.54, 1.807) is 13.1 Å². The lowest BCUT2D eigenvalue weighted by molar-refractivity contribution is -0.138. The number of carboxylic acid groups (broad SMARTS) is 1. The number of likely N-dealkylation sites (N-methyl/N-ethyl adjacent to an activating group) is 1. The van der Waals surface area contributed by atoms with Gasteiger partial charge in [-0.05, 0) is 25.5 Å². The van der Waals surface area contributed by atoms with Gasteiger partial charge in [0.05, 0.1) is 6.54 Å². The van der Waals surface area contributed by atoms with Crippen molar-refractivity contribution in [2.45, 2.75) is 19.9 Å². The Bertz CT molecular complexity index is 513. The molecule has 1 fully saturated rings. The highest BCUT2D eigenvalue weighted by Crippen LogP contribution is 2.28. The molecule has 5 heteroatoms. The fourth-order valence-electron chi connectivity index (χ4n) is 2.27. The minimum absolute atomic E-state index is 0.210. The maximum atomic E-state index is 12.0. The molecular formula is C13H16N2O3. The SMILES string of the molecule is Cc1ccc(N2C(=O)N(C)CC2C(=O)O)c(C)c1. The Labute approximate surface area is 106 Å². The van der Waals surface area contributed by atoms with E-state index in [2.05, 4.69) is 0 Å². The molecule has 1 N–H and O–H groups in total. The van der Waals surface area contributed by atoms with Gasteiger partial charge in [-0.1, -0.05) is 17.7 Å². The van der Waals surface area contributed by atoms with E-state index in [4.69, 9.17) is 0 Å². The number of rotatable bonds is 2. The summed E-state index contributed by atoms with van der Waals surface area (Å²) in [6.45, 7) is 4.05. The van der Waals surface area contributed by atoms with Gasteiger partial charge in [-0.25, -0.2) is 9.59 Å². The summed E-state index contributed by atoms with van der Waals surface area (Å²) in [4.78, 5) is 26.1. The lowest BCUT2D eigenvalue weighted by Crippen LogP contribution is -2.40. The number of aryl methyl sites for hydroxylation is 2. The second-order valence-electron chi connectivity index (χ2n) is 4.68. The van der Waals surface area contributed by atoms with Crippen LogP contribution < -0.4 is 4.90 Å². The summed E-state index contributed by atoms with van der Waals surface area (Å²) < 4.78 is 0. The maximum Gasteiger partial charge on any atom is 0.328 e. The number of hydrogen-bond acceptors (Lipinski definition) is 2. The van der Waals surface area contributed by atoms with E-state index in [-0.39, 0.29) is 12.6 Å². The van der Waals surface area contributed by atoms with Gasteiger partial charge < -0.3 is 10.0 Å². The zero-order valence-corrected chi connectivity index (χ0v) is 10.7. The fraction of sp³-hybridized carbons (Fsp3) is 0.385. The zero-order chi connectivity index (χ0) is 13.4. The summed E-state index contributed by atoms with van der Waals surface area (Å²) in [7, 11) is 1.61. The van der Waals surface area contributed by atoms with Gasteiger partial charge in [-0.2, -0.15) is 0 Å². The molecule has 0 bridgehead atoms. The minimum Gasteiger partial charge on any atom is -0.480 e. The first-order chi connectivity index (χ1) is 8.41. The number of benzene rings is 1. The molecule has 0 aromatic heterocycles. The third-order valence-corrected chi connectivity index (χ3v) is 3.19. The van der Waals surface area contributed by atoms with Crippen LogP contribution in [0.5, 0.6) is 0 Å². The Morgan fingerprint density at radius 3 is 2.61 bits per heavy atom. The number of urea groups is 1. The Morgan fingerprint density at radius 2 is 2.06 bits per heavy atom. The number of carbonyl (C=O) groups is 2. The fourth-order valence-corrected chi connectivity index (χ4v) is 2.27. The predicted molar refractivity (Wildman–Crippen MR) is 67.8 cm³/mol. The third-order valence-electron chi connectivity index (χ3n) is 3.19. The lowest BCUT2D eigenvalue weighted by atomic mass is 10.1. The summed E-state index contributed by atoms with van der Waals surface area (Å²) in [6.07, 6.45) is 0. The van der Waals surface area contributed by atoms with E-state index in [9.17, 15) is 14.7 Å². The molecule has 0 radical (unpaired) electrons. The van der Waals surface area contributed by atoms with Gasteiger partial charge in [0.1, 0.15) is 0 Å². The van der Waals surface area contributed by atoms with Crippen LogP contribution >= 0.6 is 0 Å². The summed E-state index contributed by atoms with van der Waals surface area (Å²) in [6, 6.07) is 4.54. The molecule has 1 heterocycles. The highest BCUT2D eigenvalue weighted by Gasteiger charge is 2.41. The van der Waals surface area contributed by atoms with E-state index in [1.807, 2.05) is 26.0 Å². The van der Waals surface area contributed by atoms with Crippen molar-refractivity contribution >= 4 is 17.7 Å². The normalized spacial score (nSPS) is 19.5. The number of amides is 2. The Hall–Kier alpha value is -2.04. The highest BCUT2D eigenvalue weighted by molar-refractivity contribution is 6.01. The Morgan fingerprint density at radius 1 is 1.39 bits per heavy atom. The molecule has 1 saturated heterocycles. The number of nitrogens with zero attached hydrogens (tertiary/aromatic N) is 2. The van der Waals surface area contributed by atoms with E-state index >= 15 is 0 Å². The van der Waals surface area contributed by atoms with Gasteiger partial charge in [0.25, 0.3) is 0 Å². The lowest BCUT2D eigenvalue weighted by Gasteiger charge is -2.22. The van der Waals surface area contributed by atoms with Crippen molar-refractivity contribution in [1.82, 2.24) is 4.90 Å². The van der Waals surface area contributed by atoms with Crippen LogP contribution in [-0.2, 0) is 4.79 Å². The average molecular weight is 248 g/mol. The first-order valence-corrected chi connectivity index (χ1v) is 5.76. The second kappa shape index (κ2) is 4.33. The number of anilines is 1. The molecule has 0 spiro atoms. The van der Waals surface area contributed by atoms with Crippen LogP contribution in [0.1, 0.15) is 11.1 Å². The second-order valence-corrected chi connectivity index (χ2v) is 4.68. The summed E-state index contributed by atoms with van der Waals surface area (Å²) in [5, 5.41) is 9.21. The molecule has 1 aromatic carbocycles. The molecule has 5 nitrogen and oxygen atoms in total. The van der Waals surface area contributed by atoms with Crippen LogP contribution in [-0.4, -0.2) is 41.6 Å². The molecule has 1 aromatic rings. The van der Waals surface area contributed by atoms with Crippen LogP contribution in [0.2, 0.25) is 0 Å². The highest BCUT2D eigenvalue weighted by atomic mass is 16.4. The molecule has 1 aliphatic heterocycles. The summed E-state index contributed by atoms with van der Waals surface area (Å²) >= 11 is 0. The van der Waals surface area contributed by atoms with Crippen LogP contribution in [0.3, 0.4) is 0 Å². The Kier molecular flexibility index (Phi) is 2.98. The molecule has 1 atom stereocenters. The van der Waals surface area contributed by atoms with Crippen molar-refractivity contribution in [2.24, 2.45) is 0 Å². The molecule has 1 unspecified atom stereocenters. The quantitative estimate of drug-likeness (QED) is 0.865. The Balaban J connectivity index is 2.46. The van der Waals surface area contributed by atoms with Gasteiger partial charge in [0.15, 0.2) is 6.04 Å². The first kappa shape index (κ1) is 12.4. The van der Waals surface area contributed by atoms with Gasteiger partial charge in [0, 0.05) is 12.7 Å². The molecule has 0 saturated carbocycles. The molecule has 96 valence electrons. The van der Waals surface area contributed by atoms with Crippen molar-refractivity contribution in [3.05, 3.63) is 29.3 Å². The van der Waals surface area contributed by atoms with Crippen molar-refractivity contribution < 1.29 is 14.7 Å². The smallest absolute Gasteiger partial charge is 0.328 e.